The van der Waals surface area contributed by atoms with Gasteiger partial charge in [-0.1, -0.05) is 6.07 Å². The van der Waals surface area contributed by atoms with E-state index in [9.17, 15) is 0 Å². The monoisotopic (exact) mass is 286 g/mol. The van der Waals surface area contributed by atoms with E-state index in [1.54, 1.807) is 6.20 Å². The standard InChI is InChI=1S/C15H22N6/c1-11-5-3-7-17-13(11)14-18-15(20-19-14)21-8-4-6-12(10-21)9-16-2/h3,5,7,12,16H,4,6,8-10H2,1-2H3,(H,18,19,20). The number of aryl methyl sites for hydroxylation is 1. The Labute approximate surface area is 125 Å². The lowest BCUT2D eigenvalue weighted by Gasteiger charge is -2.31. The average molecular weight is 286 g/mol. The quantitative estimate of drug-likeness (QED) is 0.893. The van der Waals surface area contributed by atoms with Gasteiger partial charge in [-0.3, -0.25) is 10.1 Å². The first-order valence-corrected chi connectivity index (χ1v) is 7.52. The predicted octanol–water partition coefficient (Wildman–Crippen LogP) is 1.61. The summed E-state index contributed by atoms with van der Waals surface area (Å²) in [5.41, 5.74) is 1.98. The third-order valence-corrected chi connectivity index (χ3v) is 4.00. The van der Waals surface area contributed by atoms with Gasteiger partial charge in [0.1, 0.15) is 5.69 Å². The van der Waals surface area contributed by atoms with Gasteiger partial charge in [-0.15, -0.1) is 5.10 Å². The smallest absolute Gasteiger partial charge is 0.245 e. The average Bonchev–Trinajstić information content (AvgIpc) is 2.98. The molecule has 1 fully saturated rings. The molecule has 0 spiro atoms. The van der Waals surface area contributed by atoms with Crippen molar-refractivity contribution in [3.05, 3.63) is 23.9 Å². The van der Waals surface area contributed by atoms with Crippen molar-refractivity contribution >= 4 is 5.95 Å². The molecular weight excluding hydrogens is 264 g/mol. The highest BCUT2D eigenvalue weighted by Gasteiger charge is 2.22. The Morgan fingerprint density at radius 3 is 3.19 bits per heavy atom. The molecule has 1 saturated heterocycles. The van der Waals surface area contributed by atoms with Crippen molar-refractivity contribution in [3.8, 4) is 11.5 Å². The van der Waals surface area contributed by atoms with Crippen LogP contribution in [-0.4, -0.2) is 46.8 Å². The summed E-state index contributed by atoms with van der Waals surface area (Å²) in [5.74, 6) is 2.21. The van der Waals surface area contributed by atoms with Gasteiger partial charge in [-0.25, -0.2) is 0 Å². The number of aromatic nitrogens is 4. The van der Waals surface area contributed by atoms with E-state index in [4.69, 9.17) is 0 Å². The van der Waals surface area contributed by atoms with E-state index < -0.39 is 0 Å². The first-order chi connectivity index (χ1) is 10.3. The molecule has 1 atom stereocenters. The minimum absolute atomic E-state index is 0.669. The maximum atomic E-state index is 4.64. The van der Waals surface area contributed by atoms with Crippen molar-refractivity contribution in [2.24, 2.45) is 5.92 Å². The molecule has 2 aromatic rings. The number of anilines is 1. The summed E-state index contributed by atoms with van der Waals surface area (Å²) in [6.45, 7) is 5.12. The molecule has 3 rings (SSSR count). The van der Waals surface area contributed by atoms with Gasteiger partial charge in [-0.2, -0.15) is 4.98 Å². The van der Waals surface area contributed by atoms with Gasteiger partial charge in [0.05, 0.1) is 0 Å². The second kappa shape index (κ2) is 6.22. The fraction of sp³-hybridized carbons (Fsp3) is 0.533. The highest BCUT2D eigenvalue weighted by atomic mass is 15.4. The number of aromatic amines is 1. The fourth-order valence-corrected chi connectivity index (χ4v) is 2.94. The number of nitrogens with zero attached hydrogens (tertiary/aromatic N) is 4. The summed E-state index contributed by atoms with van der Waals surface area (Å²) >= 11 is 0. The first kappa shape index (κ1) is 14.0. The molecule has 6 nitrogen and oxygen atoms in total. The van der Waals surface area contributed by atoms with Crippen molar-refractivity contribution < 1.29 is 0 Å². The van der Waals surface area contributed by atoms with E-state index >= 15 is 0 Å². The molecule has 0 amide bonds. The van der Waals surface area contributed by atoms with Crippen LogP contribution in [0.4, 0.5) is 5.95 Å². The van der Waals surface area contributed by atoms with Crippen molar-refractivity contribution in [1.82, 2.24) is 25.5 Å². The van der Waals surface area contributed by atoms with E-state index in [0.717, 1.165) is 42.7 Å². The molecule has 6 heteroatoms. The normalized spacial score (nSPS) is 19.0. The lowest BCUT2D eigenvalue weighted by molar-refractivity contribution is 0.399. The number of rotatable bonds is 4. The number of pyridine rings is 1. The van der Waals surface area contributed by atoms with E-state index in [1.165, 1.54) is 12.8 Å². The topological polar surface area (TPSA) is 69.7 Å². The minimum atomic E-state index is 0.669. The van der Waals surface area contributed by atoms with Crippen molar-refractivity contribution in [2.45, 2.75) is 19.8 Å². The number of hydrogen-bond donors (Lipinski definition) is 2. The molecule has 1 aliphatic heterocycles. The maximum absolute atomic E-state index is 4.64. The fourth-order valence-electron chi connectivity index (χ4n) is 2.94. The van der Waals surface area contributed by atoms with Crippen molar-refractivity contribution in [1.29, 1.82) is 0 Å². The SMILES string of the molecule is CNCC1CCCN(c2n[nH]c(-c3ncccc3C)n2)C1. The lowest BCUT2D eigenvalue weighted by atomic mass is 9.98. The van der Waals surface area contributed by atoms with Gasteiger partial charge in [-0.05, 0) is 50.9 Å². The summed E-state index contributed by atoms with van der Waals surface area (Å²) in [5, 5.41) is 10.7. The summed E-state index contributed by atoms with van der Waals surface area (Å²) in [4.78, 5) is 11.3. The number of nitrogens with one attached hydrogen (secondary N) is 2. The Kier molecular flexibility index (Phi) is 4.15. The van der Waals surface area contributed by atoms with Gasteiger partial charge < -0.3 is 10.2 Å². The Morgan fingerprint density at radius 1 is 1.48 bits per heavy atom. The predicted molar refractivity (Wildman–Crippen MR) is 83.2 cm³/mol. The second-order valence-corrected chi connectivity index (χ2v) is 5.66. The van der Waals surface area contributed by atoms with Crippen LogP contribution < -0.4 is 10.2 Å². The minimum Gasteiger partial charge on any atom is -0.339 e. The molecule has 0 aromatic carbocycles. The summed E-state index contributed by atoms with van der Waals surface area (Å²) in [7, 11) is 2.01. The molecule has 0 bridgehead atoms. The van der Waals surface area contributed by atoms with Crippen molar-refractivity contribution in [2.75, 3.05) is 31.6 Å². The molecule has 3 heterocycles. The van der Waals surface area contributed by atoms with E-state index in [2.05, 4.69) is 30.4 Å². The van der Waals surface area contributed by atoms with Crippen LogP contribution >= 0.6 is 0 Å². The third kappa shape index (κ3) is 3.05. The van der Waals surface area contributed by atoms with Gasteiger partial charge in [0, 0.05) is 19.3 Å². The molecule has 21 heavy (non-hydrogen) atoms. The zero-order valence-corrected chi connectivity index (χ0v) is 12.6. The molecule has 1 unspecified atom stereocenters. The van der Waals surface area contributed by atoms with Crippen LogP contribution in [0.1, 0.15) is 18.4 Å². The molecule has 2 aromatic heterocycles. The van der Waals surface area contributed by atoms with Crippen molar-refractivity contribution in [3.63, 3.8) is 0 Å². The van der Waals surface area contributed by atoms with Gasteiger partial charge in [0.2, 0.25) is 5.95 Å². The number of H-pyrrole nitrogens is 1. The highest BCUT2D eigenvalue weighted by Crippen LogP contribution is 2.23. The zero-order chi connectivity index (χ0) is 14.7. The zero-order valence-electron chi connectivity index (χ0n) is 12.6. The van der Waals surface area contributed by atoms with Crippen LogP contribution in [0.3, 0.4) is 0 Å². The Hall–Kier alpha value is -1.95. The number of hydrogen-bond acceptors (Lipinski definition) is 5. The summed E-state index contributed by atoms with van der Waals surface area (Å²) in [6.07, 6.45) is 4.25. The summed E-state index contributed by atoms with van der Waals surface area (Å²) < 4.78 is 0. The molecule has 0 radical (unpaired) electrons. The van der Waals surface area contributed by atoms with E-state index in [1.807, 2.05) is 26.1 Å². The first-order valence-electron chi connectivity index (χ1n) is 7.52. The largest absolute Gasteiger partial charge is 0.339 e. The van der Waals surface area contributed by atoms with E-state index in [0.29, 0.717) is 5.92 Å². The maximum Gasteiger partial charge on any atom is 0.245 e. The summed E-state index contributed by atoms with van der Waals surface area (Å²) in [6, 6.07) is 3.97. The van der Waals surface area contributed by atoms with Crippen LogP contribution in [0, 0.1) is 12.8 Å². The number of piperidine rings is 1. The Balaban J connectivity index is 1.77. The van der Waals surface area contributed by atoms with Crippen LogP contribution in [0.2, 0.25) is 0 Å². The molecule has 112 valence electrons. The van der Waals surface area contributed by atoms with Crippen LogP contribution in [0.25, 0.3) is 11.5 Å². The third-order valence-electron chi connectivity index (χ3n) is 4.00. The molecular formula is C15H22N6. The van der Waals surface area contributed by atoms with E-state index in [-0.39, 0.29) is 0 Å². The second-order valence-electron chi connectivity index (χ2n) is 5.66. The van der Waals surface area contributed by atoms with Gasteiger partial charge in [0.25, 0.3) is 0 Å². The van der Waals surface area contributed by atoms with Gasteiger partial charge in [0.15, 0.2) is 5.82 Å². The van der Waals surface area contributed by atoms with Crippen LogP contribution in [0.15, 0.2) is 18.3 Å². The van der Waals surface area contributed by atoms with Crippen LogP contribution in [0.5, 0.6) is 0 Å². The lowest BCUT2D eigenvalue weighted by Crippen LogP contribution is -2.39. The molecule has 1 aliphatic rings. The Morgan fingerprint density at radius 2 is 2.38 bits per heavy atom. The Bertz CT molecular complexity index is 591. The molecule has 0 saturated carbocycles. The van der Waals surface area contributed by atoms with Gasteiger partial charge >= 0.3 is 0 Å². The molecule has 2 N–H and O–H groups in total. The molecule has 0 aliphatic carbocycles. The van der Waals surface area contributed by atoms with Crippen LogP contribution in [-0.2, 0) is 0 Å². The highest BCUT2D eigenvalue weighted by molar-refractivity contribution is 5.55.